The SMILES string of the molecule is Nc1nccc(N(CCO)CCO)n1. The Morgan fingerprint density at radius 1 is 1.29 bits per heavy atom. The normalized spacial score (nSPS) is 10.1. The Morgan fingerprint density at radius 2 is 1.93 bits per heavy atom. The second-order valence-electron chi connectivity index (χ2n) is 2.71. The number of anilines is 2. The molecule has 0 bridgehead atoms. The lowest BCUT2D eigenvalue weighted by molar-refractivity contribution is 0.280. The third kappa shape index (κ3) is 2.82. The fourth-order valence-corrected chi connectivity index (χ4v) is 1.12. The molecule has 0 radical (unpaired) electrons. The second-order valence-corrected chi connectivity index (χ2v) is 2.71. The average molecular weight is 198 g/mol. The predicted molar refractivity (Wildman–Crippen MR) is 52.8 cm³/mol. The minimum absolute atomic E-state index is 0.00388. The lowest BCUT2D eigenvalue weighted by Crippen LogP contribution is -2.30. The largest absolute Gasteiger partial charge is 0.395 e. The molecular formula is C8H14N4O2. The first-order chi connectivity index (χ1) is 6.77. The maximum atomic E-state index is 8.80. The summed E-state index contributed by atoms with van der Waals surface area (Å²) in [5.74, 6) is 0.795. The number of hydrogen-bond donors (Lipinski definition) is 3. The minimum Gasteiger partial charge on any atom is -0.395 e. The number of hydrogen-bond acceptors (Lipinski definition) is 6. The van der Waals surface area contributed by atoms with Crippen molar-refractivity contribution in [2.45, 2.75) is 0 Å². The van der Waals surface area contributed by atoms with E-state index in [-0.39, 0.29) is 19.2 Å². The summed E-state index contributed by atoms with van der Waals surface area (Å²) >= 11 is 0. The van der Waals surface area contributed by atoms with Crippen LogP contribution in [0, 0.1) is 0 Å². The molecule has 6 nitrogen and oxygen atoms in total. The molecule has 0 unspecified atom stereocenters. The van der Waals surface area contributed by atoms with Crippen LogP contribution < -0.4 is 10.6 Å². The van der Waals surface area contributed by atoms with Gasteiger partial charge in [-0.05, 0) is 6.07 Å². The second kappa shape index (κ2) is 5.36. The van der Waals surface area contributed by atoms with Crippen LogP contribution >= 0.6 is 0 Å². The van der Waals surface area contributed by atoms with Crippen LogP contribution in [0.3, 0.4) is 0 Å². The van der Waals surface area contributed by atoms with E-state index < -0.39 is 0 Å². The van der Waals surface area contributed by atoms with Crippen LogP contribution in [0.4, 0.5) is 11.8 Å². The number of aromatic nitrogens is 2. The molecule has 0 saturated heterocycles. The van der Waals surface area contributed by atoms with E-state index in [9.17, 15) is 0 Å². The molecule has 0 aromatic carbocycles. The van der Waals surface area contributed by atoms with Crippen molar-refractivity contribution in [2.75, 3.05) is 36.9 Å². The third-order valence-electron chi connectivity index (χ3n) is 1.72. The maximum absolute atomic E-state index is 8.80. The highest BCUT2D eigenvalue weighted by Gasteiger charge is 2.06. The van der Waals surface area contributed by atoms with Gasteiger partial charge in [0.2, 0.25) is 5.95 Å². The molecule has 0 aliphatic heterocycles. The summed E-state index contributed by atoms with van der Waals surface area (Å²) in [6.45, 7) is 0.835. The molecule has 0 spiro atoms. The number of nitrogens with zero attached hydrogens (tertiary/aromatic N) is 3. The molecular weight excluding hydrogens is 184 g/mol. The summed E-state index contributed by atoms with van der Waals surface area (Å²) in [6, 6.07) is 1.68. The van der Waals surface area contributed by atoms with Crippen LogP contribution in [0.5, 0.6) is 0 Å². The van der Waals surface area contributed by atoms with Gasteiger partial charge in [0.15, 0.2) is 0 Å². The quantitative estimate of drug-likeness (QED) is 0.553. The van der Waals surface area contributed by atoms with Gasteiger partial charge in [-0.25, -0.2) is 4.98 Å². The summed E-state index contributed by atoms with van der Waals surface area (Å²) < 4.78 is 0. The van der Waals surface area contributed by atoms with Crippen molar-refractivity contribution in [3.8, 4) is 0 Å². The summed E-state index contributed by atoms with van der Waals surface area (Å²) in [5.41, 5.74) is 5.41. The molecule has 0 fully saturated rings. The highest BCUT2D eigenvalue weighted by molar-refractivity contribution is 5.40. The number of nitrogens with two attached hydrogens (primary N) is 1. The highest BCUT2D eigenvalue weighted by Crippen LogP contribution is 2.09. The summed E-state index contributed by atoms with van der Waals surface area (Å²) in [5, 5.41) is 17.6. The van der Waals surface area contributed by atoms with Crippen molar-refractivity contribution in [2.24, 2.45) is 0 Å². The molecule has 78 valence electrons. The van der Waals surface area contributed by atoms with E-state index in [1.165, 1.54) is 0 Å². The zero-order valence-corrected chi connectivity index (χ0v) is 7.80. The minimum atomic E-state index is 0.00388. The van der Waals surface area contributed by atoms with Gasteiger partial charge in [-0.3, -0.25) is 0 Å². The zero-order valence-electron chi connectivity index (χ0n) is 7.80. The van der Waals surface area contributed by atoms with Gasteiger partial charge in [-0.1, -0.05) is 0 Å². The lowest BCUT2D eigenvalue weighted by atomic mass is 10.4. The van der Waals surface area contributed by atoms with Gasteiger partial charge in [0.1, 0.15) is 5.82 Å². The molecule has 14 heavy (non-hydrogen) atoms. The van der Waals surface area contributed by atoms with Gasteiger partial charge in [0.25, 0.3) is 0 Å². The van der Waals surface area contributed by atoms with Gasteiger partial charge in [-0.15, -0.1) is 0 Å². The molecule has 1 rings (SSSR count). The summed E-state index contributed by atoms with van der Waals surface area (Å²) in [6.07, 6.45) is 1.54. The van der Waals surface area contributed by atoms with Gasteiger partial charge in [-0.2, -0.15) is 4.98 Å². The van der Waals surface area contributed by atoms with Gasteiger partial charge in [0, 0.05) is 19.3 Å². The van der Waals surface area contributed by atoms with Crippen LogP contribution in [0.1, 0.15) is 0 Å². The third-order valence-corrected chi connectivity index (χ3v) is 1.72. The fourth-order valence-electron chi connectivity index (χ4n) is 1.12. The van der Waals surface area contributed by atoms with E-state index in [2.05, 4.69) is 9.97 Å². The standard InChI is InChI=1S/C8H14N4O2/c9-8-10-2-1-7(11-8)12(3-5-13)4-6-14/h1-2,13-14H,3-6H2,(H2,9,10,11). The summed E-state index contributed by atoms with van der Waals surface area (Å²) in [7, 11) is 0. The topological polar surface area (TPSA) is 95.5 Å². The molecule has 4 N–H and O–H groups in total. The van der Waals surface area contributed by atoms with E-state index in [1.807, 2.05) is 0 Å². The van der Waals surface area contributed by atoms with Crippen LogP contribution in [0.25, 0.3) is 0 Å². The van der Waals surface area contributed by atoms with Crippen molar-refractivity contribution in [1.82, 2.24) is 9.97 Å². The molecule has 1 heterocycles. The van der Waals surface area contributed by atoms with Crippen LogP contribution in [0.2, 0.25) is 0 Å². The molecule has 0 atom stereocenters. The van der Waals surface area contributed by atoms with Crippen molar-refractivity contribution in [3.05, 3.63) is 12.3 Å². The summed E-state index contributed by atoms with van der Waals surface area (Å²) in [4.78, 5) is 9.47. The number of rotatable bonds is 5. The fraction of sp³-hybridized carbons (Fsp3) is 0.500. The number of nitrogen functional groups attached to an aromatic ring is 1. The van der Waals surface area contributed by atoms with Crippen LogP contribution in [-0.4, -0.2) is 46.5 Å². The van der Waals surface area contributed by atoms with E-state index in [1.54, 1.807) is 17.2 Å². The van der Waals surface area contributed by atoms with Crippen molar-refractivity contribution in [1.29, 1.82) is 0 Å². The first-order valence-electron chi connectivity index (χ1n) is 4.33. The van der Waals surface area contributed by atoms with Crippen LogP contribution in [-0.2, 0) is 0 Å². The van der Waals surface area contributed by atoms with E-state index in [0.29, 0.717) is 18.9 Å². The smallest absolute Gasteiger partial charge is 0.221 e. The van der Waals surface area contributed by atoms with Crippen molar-refractivity contribution < 1.29 is 10.2 Å². The molecule has 0 aliphatic carbocycles. The first kappa shape index (κ1) is 10.7. The molecule has 1 aromatic rings. The van der Waals surface area contributed by atoms with Gasteiger partial charge in [0.05, 0.1) is 13.2 Å². The van der Waals surface area contributed by atoms with Gasteiger partial charge < -0.3 is 20.8 Å². The Bertz CT molecular complexity index is 276. The first-order valence-corrected chi connectivity index (χ1v) is 4.33. The lowest BCUT2D eigenvalue weighted by Gasteiger charge is -2.21. The van der Waals surface area contributed by atoms with Crippen molar-refractivity contribution >= 4 is 11.8 Å². The van der Waals surface area contributed by atoms with Gasteiger partial charge >= 0.3 is 0 Å². The maximum Gasteiger partial charge on any atom is 0.221 e. The highest BCUT2D eigenvalue weighted by atomic mass is 16.3. The molecule has 1 aromatic heterocycles. The Kier molecular flexibility index (Phi) is 4.09. The zero-order chi connectivity index (χ0) is 10.4. The Balaban J connectivity index is 2.75. The Morgan fingerprint density at radius 3 is 2.43 bits per heavy atom. The van der Waals surface area contributed by atoms with Crippen LogP contribution in [0.15, 0.2) is 12.3 Å². The molecule has 0 amide bonds. The van der Waals surface area contributed by atoms with E-state index in [4.69, 9.17) is 15.9 Å². The van der Waals surface area contributed by atoms with Crippen molar-refractivity contribution in [3.63, 3.8) is 0 Å². The molecule has 0 aliphatic rings. The molecule has 0 saturated carbocycles. The average Bonchev–Trinajstić information content (AvgIpc) is 2.17. The Hall–Kier alpha value is -1.40. The number of aliphatic hydroxyl groups is 2. The van der Waals surface area contributed by atoms with E-state index >= 15 is 0 Å². The monoisotopic (exact) mass is 198 g/mol. The Labute approximate surface area is 82.0 Å². The van der Waals surface area contributed by atoms with E-state index in [0.717, 1.165) is 0 Å². The number of aliphatic hydroxyl groups excluding tert-OH is 2. The predicted octanol–water partition coefficient (Wildman–Crippen LogP) is -1.15. The molecule has 6 heteroatoms.